The molecule has 1 aromatic rings. The zero-order valence-corrected chi connectivity index (χ0v) is 10.8. The van der Waals surface area contributed by atoms with Crippen molar-refractivity contribution in [2.45, 2.75) is 45.7 Å². The Morgan fingerprint density at radius 3 is 2.21 bits per heavy atom. The van der Waals surface area contributed by atoms with Crippen LogP contribution in [-0.2, 0) is 13.1 Å². The molecule has 2 bridgehead atoms. The standard InChI is InChI=1S/C11H16N2O2.CH2O3/c1-9-8-12-6-4-2-3-5-7-13(10(9)14)11(12)15;2-1(3)4/h8H,2-7H2,1H3;(H2,2,3,4). The molecule has 7 nitrogen and oxygen atoms in total. The highest BCUT2D eigenvalue weighted by molar-refractivity contribution is 5.53. The van der Waals surface area contributed by atoms with Crippen LogP contribution >= 0.6 is 0 Å². The third-order valence-corrected chi connectivity index (χ3v) is 2.94. The number of rotatable bonds is 0. The summed E-state index contributed by atoms with van der Waals surface area (Å²) in [7, 11) is 0. The zero-order chi connectivity index (χ0) is 14.4. The number of hydrogen-bond acceptors (Lipinski definition) is 3. The van der Waals surface area contributed by atoms with Gasteiger partial charge in [0.1, 0.15) is 0 Å². The molecule has 0 radical (unpaired) electrons. The van der Waals surface area contributed by atoms with Crippen LogP contribution in [0.4, 0.5) is 4.79 Å². The van der Waals surface area contributed by atoms with Crippen molar-refractivity contribution in [3.8, 4) is 0 Å². The fourth-order valence-electron chi connectivity index (χ4n) is 2.06. The molecule has 106 valence electrons. The van der Waals surface area contributed by atoms with Gasteiger partial charge in [-0.2, -0.15) is 0 Å². The number of hydrogen-bond donors (Lipinski definition) is 2. The van der Waals surface area contributed by atoms with Crippen molar-refractivity contribution in [1.82, 2.24) is 9.13 Å². The van der Waals surface area contributed by atoms with Gasteiger partial charge in [0, 0.05) is 24.8 Å². The van der Waals surface area contributed by atoms with Crippen molar-refractivity contribution in [2.75, 3.05) is 0 Å². The smallest absolute Gasteiger partial charge is 0.450 e. The Hall–Kier alpha value is -2.05. The summed E-state index contributed by atoms with van der Waals surface area (Å²) in [6.07, 6.45) is 4.05. The molecule has 1 aromatic heterocycles. The first-order valence-electron chi connectivity index (χ1n) is 6.16. The van der Waals surface area contributed by atoms with E-state index in [2.05, 4.69) is 0 Å². The molecule has 0 spiro atoms. The highest BCUT2D eigenvalue weighted by atomic mass is 16.6. The number of fused-ring (bicyclic) bond motifs is 2. The second-order valence-corrected chi connectivity index (χ2v) is 4.44. The van der Waals surface area contributed by atoms with E-state index in [1.54, 1.807) is 17.7 Å². The third-order valence-electron chi connectivity index (χ3n) is 2.94. The average Bonchev–Trinajstić information content (AvgIpc) is 2.37. The van der Waals surface area contributed by atoms with Gasteiger partial charge in [-0.15, -0.1) is 0 Å². The minimum absolute atomic E-state index is 0.127. The summed E-state index contributed by atoms with van der Waals surface area (Å²) in [6.45, 7) is 3.08. The summed E-state index contributed by atoms with van der Waals surface area (Å²) >= 11 is 0. The molecule has 0 aliphatic carbocycles. The first kappa shape index (κ1) is 15.0. The van der Waals surface area contributed by atoms with Crippen molar-refractivity contribution in [3.05, 3.63) is 32.6 Å². The Kier molecular flexibility index (Phi) is 5.35. The molecule has 0 saturated carbocycles. The number of aromatic nitrogens is 2. The van der Waals surface area contributed by atoms with Gasteiger partial charge in [0.2, 0.25) is 0 Å². The first-order chi connectivity index (χ1) is 8.93. The third kappa shape index (κ3) is 4.27. The highest BCUT2D eigenvalue weighted by Crippen LogP contribution is 2.04. The second kappa shape index (κ2) is 6.77. The van der Waals surface area contributed by atoms with Gasteiger partial charge >= 0.3 is 11.8 Å². The van der Waals surface area contributed by atoms with Crippen LogP contribution in [0, 0.1) is 6.92 Å². The lowest BCUT2D eigenvalue weighted by Gasteiger charge is -2.08. The predicted octanol–water partition coefficient (Wildman–Crippen LogP) is 1.11. The molecule has 0 fully saturated rings. The fraction of sp³-hybridized carbons (Fsp3) is 0.583. The van der Waals surface area contributed by atoms with Gasteiger partial charge in [0.25, 0.3) is 5.56 Å². The van der Waals surface area contributed by atoms with Crippen LogP contribution in [0.3, 0.4) is 0 Å². The minimum atomic E-state index is -1.83. The molecule has 1 aliphatic rings. The Morgan fingerprint density at radius 2 is 1.63 bits per heavy atom. The van der Waals surface area contributed by atoms with Gasteiger partial charge in [-0.3, -0.25) is 9.36 Å². The summed E-state index contributed by atoms with van der Waals surface area (Å²) in [4.78, 5) is 32.2. The van der Waals surface area contributed by atoms with Crippen LogP contribution in [0.2, 0.25) is 0 Å². The Labute approximate surface area is 109 Å². The van der Waals surface area contributed by atoms with Crippen molar-refractivity contribution >= 4 is 6.16 Å². The van der Waals surface area contributed by atoms with Crippen LogP contribution in [0.25, 0.3) is 0 Å². The number of aryl methyl sites for hydroxylation is 2. The van der Waals surface area contributed by atoms with Gasteiger partial charge in [-0.05, 0) is 19.8 Å². The van der Waals surface area contributed by atoms with Gasteiger partial charge < -0.3 is 14.8 Å². The summed E-state index contributed by atoms with van der Waals surface area (Å²) in [5, 5.41) is 13.9. The molecule has 2 heterocycles. The van der Waals surface area contributed by atoms with Crippen LogP contribution in [0.5, 0.6) is 0 Å². The Morgan fingerprint density at radius 1 is 1.11 bits per heavy atom. The number of carboxylic acid groups (broad SMARTS) is 2. The molecular formula is C12H18N2O5. The number of carbonyl (C=O) groups is 1. The van der Waals surface area contributed by atoms with E-state index < -0.39 is 6.16 Å². The maximum absolute atomic E-state index is 11.9. The largest absolute Gasteiger partial charge is 0.503 e. The van der Waals surface area contributed by atoms with Crippen molar-refractivity contribution in [2.24, 2.45) is 0 Å². The fourth-order valence-corrected chi connectivity index (χ4v) is 2.06. The summed E-state index contributed by atoms with van der Waals surface area (Å²) in [5.41, 5.74) is 0.391. The highest BCUT2D eigenvalue weighted by Gasteiger charge is 2.09. The average molecular weight is 270 g/mol. The van der Waals surface area contributed by atoms with Gasteiger partial charge in [-0.1, -0.05) is 12.8 Å². The second-order valence-electron chi connectivity index (χ2n) is 4.44. The topological polar surface area (TPSA) is 102 Å². The first-order valence-corrected chi connectivity index (χ1v) is 6.16. The minimum Gasteiger partial charge on any atom is -0.450 e. The van der Waals surface area contributed by atoms with E-state index in [0.29, 0.717) is 12.1 Å². The molecule has 2 rings (SSSR count). The quantitative estimate of drug-likeness (QED) is 0.735. The predicted molar refractivity (Wildman–Crippen MR) is 68.8 cm³/mol. The molecular weight excluding hydrogens is 252 g/mol. The normalized spacial score (nSPS) is 14.4. The lowest BCUT2D eigenvalue weighted by molar-refractivity contribution is 0.137. The van der Waals surface area contributed by atoms with Gasteiger partial charge in [0.05, 0.1) is 0 Å². The van der Waals surface area contributed by atoms with E-state index >= 15 is 0 Å². The van der Waals surface area contributed by atoms with E-state index in [1.807, 2.05) is 0 Å². The number of nitrogens with zero attached hydrogens (tertiary/aromatic N) is 2. The molecule has 1 aliphatic heterocycles. The Balaban J connectivity index is 0.000000399. The molecule has 0 saturated heterocycles. The summed E-state index contributed by atoms with van der Waals surface area (Å²) < 4.78 is 3.04. The lowest BCUT2D eigenvalue weighted by atomic mass is 10.2. The van der Waals surface area contributed by atoms with E-state index in [1.165, 1.54) is 4.57 Å². The maximum atomic E-state index is 11.9. The zero-order valence-electron chi connectivity index (χ0n) is 10.8. The summed E-state index contributed by atoms with van der Waals surface area (Å²) in [5.74, 6) is 0. The molecule has 0 atom stereocenters. The summed E-state index contributed by atoms with van der Waals surface area (Å²) in [6, 6.07) is 0. The van der Waals surface area contributed by atoms with E-state index in [4.69, 9.17) is 15.0 Å². The monoisotopic (exact) mass is 270 g/mol. The van der Waals surface area contributed by atoms with E-state index in [0.717, 1.165) is 32.2 Å². The van der Waals surface area contributed by atoms with Crippen LogP contribution in [0.15, 0.2) is 15.8 Å². The van der Waals surface area contributed by atoms with Gasteiger partial charge in [-0.25, -0.2) is 9.59 Å². The molecule has 2 N–H and O–H groups in total. The Bertz CT molecular complexity index is 554. The molecule has 0 unspecified atom stereocenters. The van der Waals surface area contributed by atoms with E-state index in [9.17, 15) is 9.59 Å². The van der Waals surface area contributed by atoms with E-state index in [-0.39, 0.29) is 11.2 Å². The van der Waals surface area contributed by atoms with Crippen LogP contribution in [0.1, 0.15) is 31.2 Å². The van der Waals surface area contributed by atoms with Crippen LogP contribution < -0.4 is 11.2 Å². The SMILES string of the molecule is Cc1cn2c(=O)n(c1=O)CCCCCC2.O=C(O)O. The van der Waals surface area contributed by atoms with Crippen molar-refractivity contribution < 1.29 is 15.0 Å². The maximum Gasteiger partial charge on any atom is 0.503 e. The van der Waals surface area contributed by atoms with Crippen molar-refractivity contribution in [1.29, 1.82) is 0 Å². The molecule has 0 aromatic carbocycles. The molecule has 19 heavy (non-hydrogen) atoms. The lowest BCUT2D eigenvalue weighted by Crippen LogP contribution is -2.40. The van der Waals surface area contributed by atoms with Gasteiger partial charge in [0.15, 0.2) is 0 Å². The molecule has 0 amide bonds. The van der Waals surface area contributed by atoms with Crippen molar-refractivity contribution in [3.63, 3.8) is 0 Å². The molecule has 7 heteroatoms. The van der Waals surface area contributed by atoms with Crippen LogP contribution in [-0.4, -0.2) is 25.5 Å².